The van der Waals surface area contributed by atoms with E-state index in [1.54, 1.807) is 28.5 Å². The van der Waals surface area contributed by atoms with Crippen molar-refractivity contribution in [3.05, 3.63) is 131 Å². The van der Waals surface area contributed by atoms with Gasteiger partial charge in [0, 0.05) is 10.6 Å². The number of nitrogens with zero attached hydrogens (tertiary/aromatic N) is 3. The Hall–Kier alpha value is -4.27. The highest BCUT2D eigenvalue weighted by Gasteiger charge is 2.38. The van der Waals surface area contributed by atoms with Crippen LogP contribution in [-0.4, -0.2) is 23.1 Å². The number of carbonyl (C=O) groups excluding carboxylic acids is 2. The first-order valence-corrected chi connectivity index (χ1v) is 16.4. The number of anilines is 1. The Morgan fingerprint density at radius 1 is 1.00 bits per heavy atom. The van der Waals surface area contributed by atoms with Crippen LogP contribution in [0.25, 0.3) is 5.57 Å². The fourth-order valence-electron chi connectivity index (χ4n) is 5.98. The van der Waals surface area contributed by atoms with Gasteiger partial charge in [0.05, 0.1) is 41.7 Å². The number of amides is 1. The van der Waals surface area contributed by atoms with E-state index >= 15 is 0 Å². The Bertz CT molecular complexity index is 2010. The molecule has 0 bridgehead atoms. The Kier molecular flexibility index (Phi) is 8.62. The quantitative estimate of drug-likeness (QED) is 0.213. The second-order valence-corrected chi connectivity index (χ2v) is 12.9. The van der Waals surface area contributed by atoms with Crippen molar-refractivity contribution in [2.24, 2.45) is 4.99 Å². The lowest BCUT2D eigenvalue weighted by molar-refractivity contribution is -0.139. The van der Waals surface area contributed by atoms with Gasteiger partial charge in [0.1, 0.15) is 4.53 Å². The average Bonchev–Trinajstić information content (AvgIpc) is 3.50. The van der Waals surface area contributed by atoms with Gasteiger partial charge < -0.3 is 9.64 Å². The summed E-state index contributed by atoms with van der Waals surface area (Å²) < 4.78 is 7.40. The molecule has 0 aliphatic carbocycles. The summed E-state index contributed by atoms with van der Waals surface area (Å²) in [5.41, 5.74) is 5.23. The number of allylic oxidation sites excluding steroid dienone is 1. The normalized spacial score (nSPS) is 17.0. The maximum Gasteiger partial charge on any atom is 0.338 e. The van der Waals surface area contributed by atoms with Crippen LogP contribution in [0.15, 0.2) is 93.9 Å². The number of hydrogen-bond donors (Lipinski definition) is 0. The molecule has 0 unspecified atom stereocenters. The summed E-state index contributed by atoms with van der Waals surface area (Å²) in [6, 6.07) is 22.2. The molecule has 0 N–H and O–H groups in total. The molecule has 2 aliphatic heterocycles. The molecule has 0 radical (unpaired) electrons. The number of thiazole rings is 1. The van der Waals surface area contributed by atoms with Crippen molar-refractivity contribution in [3.8, 4) is 0 Å². The Morgan fingerprint density at radius 2 is 1.71 bits per heavy atom. The van der Waals surface area contributed by atoms with Gasteiger partial charge in [-0.05, 0) is 54.2 Å². The first-order chi connectivity index (χ1) is 21.7. The number of fused-ring (bicyclic) bond motifs is 2. The highest BCUT2D eigenvalue weighted by atomic mass is 35.5. The van der Waals surface area contributed by atoms with Gasteiger partial charge >= 0.3 is 5.97 Å². The summed E-state index contributed by atoms with van der Waals surface area (Å²) in [6.45, 7) is 8.56. The molecule has 1 atom stereocenters. The summed E-state index contributed by atoms with van der Waals surface area (Å²) in [5.74, 6) is -0.424. The Labute approximate surface area is 270 Å². The zero-order chi connectivity index (χ0) is 31.8. The van der Waals surface area contributed by atoms with E-state index in [2.05, 4.69) is 13.8 Å². The summed E-state index contributed by atoms with van der Waals surface area (Å²) >= 11 is 7.30. The van der Waals surface area contributed by atoms with Crippen LogP contribution in [0.1, 0.15) is 74.8 Å². The Balaban J connectivity index is 1.58. The number of hydrogen-bond acceptors (Lipinski definition) is 6. The molecule has 0 spiro atoms. The number of ether oxygens (including phenoxy) is 1. The summed E-state index contributed by atoms with van der Waals surface area (Å²) in [7, 11) is 0. The zero-order valence-electron chi connectivity index (χ0n) is 25.7. The lowest BCUT2D eigenvalue weighted by Crippen LogP contribution is -2.41. The molecule has 45 heavy (non-hydrogen) atoms. The molecular weight excluding hydrogens is 606 g/mol. The molecular formula is C36H34ClN3O4S. The minimum Gasteiger partial charge on any atom is -0.463 e. The van der Waals surface area contributed by atoms with Crippen molar-refractivity contribution in [1.29, 1.82) is 0 Å². The van der Waals surface area contributed by atoms with Gasteiger partial charge in [-0.3, -0.25) is 14.2 Å². The Morgan fingerprint density at radius 3 is 2.38 bits per heavy atom. The summed E-state index contributed by atoms with van der Waals surface area (Å²) in [6.07, 6.45) is 1.30. The standard InChI is InChI=1S/C36H34ClN3O4S/c1-5-9-27-30(35(43)44-6-2)31(24-16-14-23(15-17-24)21(3)4)40-34(42)32(45-36(40)38-27)29-26-10-7-8-11-28(26)39(33(29)41)20-22-12-18-25(37)19-13-22/h7-8,10-19,21,31H,5-6,9,20H2,1-4H3/b32-29+/t31-/m0/s1. The van der Waals surface area contributed by atoms with Crippen LogP contribution < -0.4 is 19.8 Å². The zero-order valence-corrected chi connectivity index (χ0v) is 27.2. The highest BCUT2D eigenvalue weighted by molar-refractivity contribution is 7.07. The largest absolute Gasteiger partial charge is 0.463 e. The van der Waals surface area contributed by atoms with Crippen LogP contribution in [-0.2, 0) is 20.9 Å². The molecule has 3 heterocycles. The number of halogens is 1. The van der Waals surface area contributed by atoms with Crippen molar-refractivity contribution >= 4 is 46.1 Å². The predicted octanol–water partition coefficient (Wildman–Crippen LogP) is 6.27. The number of aromatic nitrogens is 1. The monoisotopic (exact) mass is 639 g/mol. The molecule has 0 fully saturated rings. The van der Waals surface area contributed by atoms with Gasteiger partial charge in [0.25, 0.3) is 11.5 Å². The molecule has 7 nitrogen and oxygen atoms in total. The fraction of sp³-hybridized carbons (Fsp3) is 0.278. The van der Waals surface area contributed by atoms with Crippen molar-refractivity contribution in [3.63, 3.8) is 0 Å². The van der Waals surface area contributed by atoms with Crippen LogP contribution in [0, 0.1) is 0 Å². The maximum atomic E-state index is 14.5. The van der Waals surface area contributed by atoms with E-state index < -0.39 is 12.0 Å². The predicted molar refractivity (Wildman–Crippen MR) is 178 cm³/mol. The van der Waals surface area contributed by atoms with Gasteiger partial charge in [-0.2, -0.15) is 0 Å². The molecule has 1 amide bonds. The molecule has 6 rings (SSSR count). The third-order valence-corrected chi connectivity index (χ3v) is 9.50. The number of para-hydroxylation sites is 1. The number of rotatable bonds is 8. The highest BCUT2D eigenvalue weighted by Crippen LogP contribution is 2.37. The van der Waals surface area contributed by atoms with E-state index in [0.717, 1.165) is 28.8 Å². The topological polar surface area (TPSA) is 81.0 Å². The smallest absolute Gasteiger partial charge is 0.338 e. The molecule has 9 heteroatoms. The minimum atomic E-state index is -0.741. The SMILES string of the molecule is CCCC1=C(C(=O)OCC)[C@H](c2ccc(C(C)C)cc2)n2c(s/c(=C3/C(=O)N(Cc4ccc(Cl)cc4)c4ccccc43)c2=O)=N1. The van der Waals surface area contributed by atoms with Crippen LogP contribution in [0.3, 0.4) is 0 Å². The third-order valence-electron chi connectivity index (χ3n) is 8.19. The van der Waals surface area contributed by atoms with Crippen molar-refractivity contribution in [2.75, 3.05) is 11.5 Å². The second-order valence-electron chi connectivity index (χ2n) is 11.5. The first-order valence-electron chi connectivity index (χ1n) is 15.2. The number of benzene rings is 3. The molecule has 1 aromatic heterocycles. The first kappa shape index (κ1) is 30.7. The third kappa shape index (κ3) is 5.57. The van der Waals surface area contributed by atoms with Crippen LogP contribution in [0.5, 0.6) is 0 Å². The van der Waals surface area contributed by atoms with Gasteiger partial charge in [-0.15, -0.1) is 0 Å². The van der Waals surface area contributed by atoms with Gasteiger partial charge in [-0.1, -0.05) is 105 Å². The maximum absolute atomic E-state index is 14.5. The summed E-state index contributed by atoms with van der Waals surface area (Å²) in [4.78, 5) is 49.3. The second kappa shape index (κ2) is 12.6. The van der Waals surface area contributed by atoms with E-state index in [-0.39, 0.29) is 18.1 Å². The van der Waals surface area contributed by atoms with Crippen molar-refractivity contribution in [2.45, 2.75) is 59.0 Å². The van der Waals surface area contributed by atoms with Crippen molar-refractivity contribution < 1.29 is 14.3 Å². The van der Waals surface area contributed by atoms with Crippen LogP contribution >= 0.6 is 22.9 Å². The van der Waals surface area contributed by atoms with E-state index in [9.17, 15) is 14.4 Å². The van der Waals surface area contributed by atoms with Crippen molar-refractivity contribution in [1.82, 2.24) is 4.57 Å². The number of esters is 1. The minimum absolute atomic E-state index is 0.198. The van der Waals surface area contributed by atoms with Gasteiger partial charge in [0.2, 0.25) is 0 Å². The van der Waals surface area contributed by atoms with Crippen LogP contribution in [0.4, 0.5) is 5.69 Å². The van der Waals surface area contributed by atoms with E-state index in [1.807, 2.05) is 67.6 Å². The molecule has 0 saturated heterocycles. The van der Waals surface area contributed by atoms with E-state index in [0.29, 0.717) is 55.6 Å². The lowest BCUT2D eigenvalue weighted by atomic mass is 9.92. The average molecular weight is 640 g/mol. The van der Waals surface area contributed by atoms with E-state index in [4.69, 9.17) is 21.3 Å². The van der Waals surface area contributed by atoms with Crippen LogP contribution in [0.2, 0.25) is 5.02 Å². The molecule has 3 aromatic carbocycles. The van der Waals surface area contributed by atoms with E-state index in [1.165, 1.54) is 11.3 Å². The fourth-order valence-corrected chi connectivity index (χ4v) is 7.21. The van der Waals surface area contributed by atoms with Gasteiger partial charge in [-0.25, -0.2) is 9.79 Å². The molecule has 4 aromatic rings. The molecule has 2 aliphatic rings. The lowest BCUT2D eigenvalue weighted by Gasteiger charge is -2.26. The molecule has 0 saturated carbocycles. The molecule has 230 valence electrons. The summed E-state index contributed by atoms with van der Waals surface area (Å²) in [5, 5.41) is 0.617. The number of carbonyl (C=O) groups is 2. The van der Waals surface area contributed by atoms with Gasteiger partial charge in [0.15, 0.2) is 4.80 Å².